The zero-order valence-electron chi connectivity index (χ0n) is 19.6. The second-order valence-corrected chi connectivity index (χ2v) is 8.49. The number of aromatic nitrogens is 2. The molecule has 8 nitrogen and oxygen atoms in total. The highest BCUT2D eigenvalue weighted by molar-refractivity contribution is 5.87. The number of benzene rings is 1. The average molecular weight is 504 g/mol. The van der Waals surface area contributed by atoms with Crippen LogP contribution in [0.3, 0.4) is 0 Å². The third-order valence-corrected chi connectivity index (χ3v) is 6.38. The standard InChI is InChI=1S/C24H24F4N6O2/c1-3-21(35)34-11-10-33(13-16(34)6-8-29)22-17-7-9-32(14-19(17)30-23(31-22)36-2)20-5-4-15(25)12-18(20)24(26,27)28/h3-5,12,16H,1,6-7,9-11,13-14H2,2H3. The minimum Gasteiger partial charge on any atom is -0.467 e. The smallest absolute Gasteiger partial charge is 0.418 e. The number of carbonyl (C=O) groups is 1. The van der Waals surface area contributed by atoms with Crippen molar-refractivity contribution >= 4 is 17.4 Å². The zero-order valence-corrected chi connectivity index (χ0v) is 19.6. The van der Waals surface area contributed by atoms with Gasteiger partial charge in [0.2, 0.25) is 5.91 Å². The van der Waals surface area contributed by atoms with Gasteiger partial charge in [-0.25, -0.2) is 4.39 Å². The van der Waals surface area contributed by atoms with E-state index < -0.39 is 17.6 Å². The van der Waals surface area contributed by atoms with E-state index in [1.165, 1.54) is 18.1 Å². The van der Waals surface area contributed by atoms with Crippen molar-refractivity contribution in [1.29, 1.82) is 5.26 Å². The predicted octanol–water partition coefficient (Wildman–Crippen LogP) is 3.32. The minimum absolute atomic E-state index is 0.0481. The molecule has 12 heteroatoms. The van der Waals surface area contributed by atoms with Crippen molar-refractivity contribution in [1.82, 2.24) is 14.9 Å². The lowest BCUT2D eigenvalue weighted by molar-refractivity contribution is -0.137. The first-order valence-corrected chi connectivity index (χ1v) is 11.3. The summed E-state index contributed by atoms with van der Waals surface area (Å²) in [6, 6.07) is 4.42. The molecule has 36 heavy (non-hydrogen) atoms. The average Bonchev–Trinajstić information content (AvgIpc) is 2.86. The van der Waals surface area contributed by atoms with Crippen molar-refractivity contribution in [2.75, 3.05) is 43.1 Å². The normalized spacial score (nSPS) is 17.9. The molecule has 2 aliphatic rings. The molecule has 1 aromatic carbocycles. The van der Waals surface area contributed by atoms with Gasteiger partial charge in [-0.3, -0.25) is 4.79 Å². The second-order valence-electron chi connectivity index (χ2n) is 8.49. The Morgan fingerprint density at radius 1 is 1.28 bits per heavy atom. The number of hydrogen-bond donors (Lipinski definition) is 0. The number of nitriles is 1. The Kier molecular flexibility index (Phi) is 7.01. The van der Waals surface area contributed by atoms with E-state index >= 15 is 0 Å². The molecule has 2 aliphatic heterocycles. The molecule has 1 atom stereocenters. The van der Waals surface area contributed by atoms with Crippen LogP contribution in [0.15, 0.2) is 30.9 Å². The molecule has 2 aromatic rings. The van der Waals surface area contributed by atoms with E-state index in [1.54, 1.807) is 4.90 Å². The van der Waals surface area contributed by atoms with Gasteiger partial charge < -0.3 is 19.4 Å². The molecular formula is C24H24F4N6O2. The van der Waals surface area contributed by atoms with Crippen LogP contribution in [0.25, 0.3) is 0 Å². The van der Waals surface area contributed by atoms with E-state index in [0.717, 1.165) is 17.7 Å². The lowest BCUT2D eigenvalue weighted by Gasteiger charge is -2.42. The molecule has 3 heterocycles. The Labute approximate surface area is 205 Å². The fraction of sp³-hybridized carbons (Fsp3) is 0.417. The van der Waals surface area contributed by atoms with Crippen LogP contribution in [0, 0.1) is 17.1 Å². The number of ether oxygens (including phenoxy) is 1. The van der Waals surface area contributed by atoms with E-state index in [1.807, 2.05) is 4.90 Å². The third-order valence-electron chi connectivity index (χ3n) is 6.38. The molecule has 1 saturated heterocycles. The third kappa shape index (κ3) is 4.91. The van der Waals surface area contributed by atoms with Gasteiger partial charge in [-0.05, 0) is 30.7 Å². The van der Waals surface area contributed by atoms with E-state index in [2.05, 4.69) is 22.6 Å². The summed E-state index contributed by atoms with van der Waals surface area (Å²) < 4.78 is 59.7. The Hall–Kier alpha value is -3.88. The van der Waals surface area contributed by atoms with Gasteiger partial charge in [0, 0.05) is 37.4 Å². The molecule has 1 amide bonds. The number of piperazine rings is 1. The van der Waals surface area contributed by atoms with E-state index in [-0.39, 0.29) is 43.2 Å². The van der Waals surface area contributed by atoms with Crippen molar-refractivity contribution < 1.29 is 27.1 Å². The van der Waals surface area contributed by atoms with Crippen molar-refractivity contribution in [3.63, 3.8) is 0 Å². The fourth-order valence-electron chi connectivity index (χ4n) is 4.69. The summed E-state index contributed by atoms with van der Waals surface area (Å²) in [6.07, 6.45) is -3.03. The Morgan fingerprint density at radius 3 is 2.72 bits per heavy atom. The highest BCUT2D eigenvalue weighted by Crippen LogP contribution is 2.39. The van der Waals surface area contributed by atoms with E-state index in [9.17, 15) is 27.6 Å². The van der Waals surface area contributed by atoms with Gasteiger partial charge in [-0.2, -0.15) is 28.4 Å². The maximum absolute atomic E-state index is 13.6. The second kappa shape index (κ2) is 10.0. The molecule has 0 bridgehead atoms. The summed E-state index contributed by atoms with van der Waals surface area (Å²) in [5.74, 6) is -0.649. The summed E-state index contributed by atoms with van der Waals surface area (Å²) in [5.41, 5.74) is 0.0952. The molecule has 1 unspecified atom stereocenters. The number of alkyl halides is 3. The largest absolute Gasteiger partial charge is 0.467 e. The lowest BCUT2D eigenvalue weighted by atomic mass is 10.0. The summed E-state index contributed by atoms with van der Waals surface area (Å²) in [4.78, 5) is 26.2. The number of rotatable bonds is 5. The first-order valence-electron chi connectivity index (χ1n) is 11.3. The Balaban J connectivity index is 1.67. The van der Waals surface area contributed by atoms with Crippen molar-refractivity contribution in [3.8, 4) is 12.1 Å². The topological polar surface area (TPSA) is 85.6 Å². The van der Waals surface area contributed by atoms with Crippen LogP contribution in [-0.2, 0) is 23.9 Å². The molecule has 190 valence electrons. The van der Waals surface area contributed by atoms with Gasteiger partial charge in [-0.1, -0.05) is 6.58 Å². The number of amides is 1. The number of nitrogens with zero attached hydrogens (tertiary/aromatic N) is 6. The van der Waals surface area contributed by atoms with Gasteiger partial charge in [0.25, 0.3) is 0 Å². The van der Waals surface area contributed by atoms with Gasteiger partial charge in [-0.15, -0.1) is 0 Å². The molecule has 0 N–H and O–H groups in total. The van der Waals surface area contributed by atoms with Gasteiger partial charge >= 0.3 is 12.2 Å². The minimum atomic E-state index is -4.72. The van der Waals surface area contributed by atoms with Crippen molar-refractivity contribution in [2.24, 2.45) is 0 Å². The number of anilines is 2. The highest BCUT2D eigenvalue weighted by Gasteiger charge is 2.37. The monoisotopic (exact) mass is 504 g/mol. The molecule has 4 rings (SSSR count). The molecule has 0 saturated carbocycles. The maximum atomic E-state index is 13.6. The van der Waals surface area contributed by atoms with Gasteiger partial charge in [0.05, 0.1) is 43.4 Å². The predicted molar refractivity (Wildman–Crippen MR) is 123 cm³/mol. The van der Waals surface area contributed by atoms with Crippen LogP contribution in [0.2, 0.25) is 0 Å². The lowest BCUT2D eigenvalue weighted by Crippen LogP contribution is -2.55. The first kappa shape index (κ1) is 25.2. The van der Waals surface area contributed by atoms with Crippen LogP contribution < -0.4 is 14.5 Å². The molecule has 1 aromatic heterocycles. The first-order chi connectivity index (χ1) is 17.2. The van der Waals surface area contributed by atoms with Crippen molar-refractivity contribution in [2.45, 2.75) is 31.6 Å². The van der Waals surface area contributed by atoms with Crippen LogP contribution in [0.5, 0.6) is 6.01 Å². The van der Waals surface area contributed by atoms with Crippen molar-refractivity contribution in [3.05, 3.63) is 53.5 Å². The quantitative estimate of drug-likeness (QED) is 0.456. The summed E-state index contributed by atoms with van der Waals surface area (Å²) in [7, 11) is 1.40. The maximum Gasteiger partial charge on any atom is 0.418 e. The van der Waals surface area contributed by atoms with Gasteiger partial charge in [0.15, 0.2) is 0 Å². The summed E-state index contributed by atoms with van der Waals surface area (Å²) in [6.45, 7) is 4.95. The molecule has 0 radical (unpaired) electrons. The number of hydrogen-bond acceptors (Lipinski definition) is 7. The van der Waals surface area contributed by atoms with Crippen LogP contribution in [-0.4, -0.2) is 60.1 Å². The molecule has 0 aliphatic carbocycles. The highest BCUT2D eigenvalue weighted by atomic mass is 19.4. The SMILES string of the molecule is C=CC(=O)N1CCN(c2nc(OC)nc3c2CCN(c2ccc(F)cc2C(F)(F)F)C3)CC1CC#N. The van der Waals surface area contributed by atoms with Gasteiger partial charge in [0.1, 0.15) is 11.6 Å². The fourth-order valence-corrected chi connectivity index (χ4v) is 4.69. The number of carbonyl (C=O) groups excluding carboxylic acids is 1. The van der Waals surface area contributed by atoms with Crippen LogP contribution in [0.1, 0.15) is 23.2 Å². The molecule has 1 fully saturated rings. The molecule has 0 spiro atoms. The van der Waals surface area contributed by atoms with Crippen LogP contribution >= 0.6 is 0 Å². The van der Waals surface area contributed by atoms with E-state index in [0.29, 0.717) is 43.6 Å². The number of fused-ring (bicyclic) bond motifs is 1. The van der Waals surface area contributed by atoms with Crippen LogP contribution in [0.4, 0.5) is 29.1 Å². The number of methoxy groups -OCH3 is 1. The van der Waals surface area contributed by atoms with E-state index in [4.69, 9.17) is 4.74 Å². The summed E-state index contributed by atoms with van der Waals surface area (Å²) in [5, 5.41) is 9.27. The Morgan fingerprint density at radius 2 is 2.06 bits per heavy atom. The Bertz CT molecular complexity index is 1210. The zero-order chi connectivity index (χ0) is 26.0. The molecular weight excluding hydrogens is 480 g/mol. The summed E-state index contributed by atoms with van der Waals surface area (Å²) >= 11 is 0. The number of halogens is 4.